The molecule has 0 amide bonds. The van der Waals surface area contributed by atoms with Gasteiger partial charge in [0.2, 0.25) is 0 Å². The molecule has 1 aliphatic carbocycles. The highest BCUT2D eigenvalue weighted by Crippen LogP contribution is 2.51. The molecule has 5 heteroatoms. The first-order valence-corrected chi connectivity index (χ1v) is 21.1. The summed E-state index contributed by atoms with van der Waals surface area (Å²) in [6.45, 7) is 0. The highest BCUT2D eigenvalue weighted by Gasteiger charge is 2.38. The number of allylic oxidation sites excluding steroid dienone is 2. The van der Waals surface area contributed by atoms with E-state index in [-0.39, 0.29) is 12.0 Å². The van der Waals surface area contributed by atoms with Gasteiger partial charge in [0.15, 0.2) is 0 Å². The summed E-state index contributed by atoms with van der Waals surface area (Å²) in [5.74, 6) is 0.225. The molecule has 2 aliphatic rings. The third kappa shape index (κ3) is 4.37. The van der Waals surface area contributed by atoms with Gasteiger partial charge < -0.3 is 18.3 Å². The molecule has 2 atom stereocenters. The van der Waals surface area contributed by atoms with Gasteiger partial charge in [0.1, 0.15) is 22.3 Å². The summed E-state index contributed by atoms with van der Waals surface area (Å²) in [6, 6.07) is 59.5. The van der Waals surface area contributed by atoms with Crippen LogP contribution in [-0.2, 0) is 0 Å². The molecule has 2 unspecified atom stereocenters. The third-order valence-electron chi connectivity index (χ3n) is 12.9. The number of anilines is 2. The van der Waals surface area contributed by atoms with Crippen LogP contribution in [0.2, 0.25) is 0 Å². The second-order valence-electron chi connectivity index (χ2n) is 16.0. The summed E-state index contributed by atoms with van der Waals surface area (Å²) in [7, 11) is 0. The van der Waals surface area contributed by atoms with Crippen molar-refractivity contribution in [2.75, 3.05) is 4.90 Å². The second-order valence-corrected chi connectivity index (χ2v) is 17.1. The molecule has 4 nitrogen and oxygen atoms in total. The summed E-state index contributed by atoms with van der Waals surface area (Å²) in [5, 5.41) is 9.44. The maximum atomic E-state index is 6.88. The van der Waals surface area contributed by atoms with Crippen molar-refractivity contribution in [2.24, 2.45) is 0 Å². The number of hydrogen-bond acceptors (Lipinski definition) is 4. The van der Waals surface area contributed by atoms with Crippen LogP contribution in [-0.4, -0.2) is 10.6 Å². The lowest BCUT2D eigenvalue weighted by atomic mass is 9.86. The van der Waals surface area contributed by atoms with Gasteiger partial charge in [-0.15, -0.1) is 11.3 Å². The average molecular weight is 773 g/mol. The van der Waals surface area contributed by atoms with Gasteiger partial charge in [-0.1, -0.05) is 97.1 Å². The minimum absolute atomic E-state index is 0.159. The molecule has 0 N–H and O–H groups in total. The molecule has 14 rings (SSSR count). The number of aromatic nitrogens is 1. The van der Waals surface area contributed by atoms with Crippen molar-refractivity contribution in [3.05, 3.63) is 193 Å². The summed E-state index contributed by atoms with van der Waals surface area (Å²) in [6.07, 6.45) is 7.24. The zero-order valence-corrected chi connectivity index (χ0v) is 32.4. The topological polar surface area (TPSA) is 34.5 Å². The van der Waals surface area contributed by atoms with Crippen LogP contribution in [0, 0.1) is 0 Å². The molecule has 5 heterocycles. The predicted molar refractivity (Wildman–Crippen MR) is 247 cm³/mol. The first-order chi connectivity index (χ1) is 29.2. The minimum Gasteiger partial charge on any atom is -0.456 e. The normalized spacial score (nSPS) is 16.5. The Hall–Kier alpha value is -7.34. The fourth-order valence-corrected chi connectivity index (χ4v) is 11.4. The lowest BCUT2D eigenvalue weighted by molar-refractivity contribution is 0.669. The van der Waals surface area contributed by atoms with Crippen LogP contribution in [0.1, 0.15) is 17.0 Å². The Labute approximate surface area is 341 Å². The third-order valence-corrected chi connectivity index (χ3v) is 14.1. The first kappa shape index (κ1) is 31.7. The quantitative estimate of drug-likeness (QED) is 0.179. The van der Waals surface area contributed by atoms with E-state index in [0.29, 0.717) is 0 Å². The summed E-state index contributed by atoms with van der Waals surface area (Å²) in [4.78, 5) is 2.53. The van der Waals surface area contributed by atoms with E-state index in [2.05, 4.69) is 179 Å². The largest absolute Gasteiger partial charge is 0.456 e. The molecule has 0 spiro atoms. The fraction of sp³-hybridized carbons (Fsp3) is 0.0370. The smallest absolute Gasteiger partial charge is 0.145 e. The number of nitrogens with zero attached hydrogens (tertiary/aromatic N) is 2. The van der Waals surface area contributed by atoms with E-state index in [4.69, 9.17) is 8.83 Å². The summed E-state index contributed by atoms with van der Waals surface area (Å²) < 4.78 is 18.1. The van der Waals surface area contributed by atoms with E-state index in [9.17, 15) is 0 Å². The Morgan fingerprint density at radius 3 is 2.17 bits per heavy atom. The maximum Gasteiger partial charge on any atom is 0.145 e. The van der Waals surface area contributed by atoms with Crippen molar-refractivity contribution in [3.8, 4) is 5.69 Å². The Morgan fingerprint density at radius 2 is 1.22 bits per heavy atom. The second kappa shape index (κ2) is 11.6. The van der Waals surface area contributed by atoms with Crippen LogP contribution < -0.4 is 4.90 Å². The SMILES string of the molecule is C1=CC2C(C=C1c1ccc3sc4ccccc4c3c1)c1ccccc1N2c1ccc2oc3c(ccc4c3c3ccccc3n4-c3ccc4oc5ccccc5c4c3)c2c1. The van der Waals surface area contributed by atoms with Crippen LogP contribution >= 0.6 is 11.3 Å². The van der Waals surface area contributed by atoms with Crippen molar-refractivity contribution in [2.45, 2.75) is 12.0 Å². The van der Waals surface area contributed by atoms with Gasteiger partial charge in [-0.2, -0.15) is 0 Å². The molecule has 0 bridgehead atoms. The van der Waals surface area contributed by atoms with Crippen molar-refractivity contribution in [1.29, 1.82) is 0 Å². The van der Waals surface area contributed by atoms with E-state index in [0.717, 1.165) is 71.7 Å². The van der Waals surface area contributed by atoms with Gasteiger partial charge in [0.25, 0.3) is 0 Å². The number of para-hydroxylation sites is 3. The Bertz CT molecular complexity index is 3830. The van der Waals surface area contributed by atoms with E-state index in [1.807, 2.05) is 23.5 Å². The molecule has 4 aromatic heterocycles. The number of furan rings is 2. The van der Waals surface area contributed by atoms with Crippen molar-refractivity contribution in [3.63, 3.8) is 0 Å². The van der Waals surface area contributed by atoms with Crippen LogP contribution in [0.5, 0.6) is 0 Å². The molecule has 0 saturated carbocycles. The molecule has 0 radical (unpaired) electrons. The van der Waals surface area contributed by atoms with E-state index >= 15 is 0 Å². The molecule has 0 fully saturated rings. The van der Waals surface area contributed by atoms with Crippen LogP contribution in [0.4, 0.5) is 11.4 Å². The van der Waals surface area contributed by atoms with Crippen LogP contribution in [0.15, 0.2) is 191 Å². The zero-order chi connectivity index (χ0) is 38.3. The zero-order valence-electron chi connectivity index (χ0n) is 31.6. The predicted octanol–water partition coefficient (Wildman–Crippen LogP) is 15.2. The first-order valence-electron chi connectivity index (χ1n) is 20.2. The van der Waals surface area contributed by atoms with Gasteiger partial charge in [0, 0.05) is 70.1 Å². The van der Waals surface area contributed by atoms with E-state index < -0.39 is 0 Å². The molecule has 276 valence electrons. The van der Waals surface area contributed by atoms with Gasteiger partial charge in [0.05, 0.1) is 22.5 Å². The highest BCUT2D eigenvalue weighted by molar-refractivity contribution is 7.25. The van der Waals surface area contributed by atoms with Crippen molar-refractivity contribution in [1.82, 2.24) is 4.57 Å². The van der Waals surface area contributed by atoms with Crippen LogP contribution in [0.3, 0.4) is 0 Å². The molecular weight excluding hydrogens is 741 g/mol. The number of fused-ring (bicyclic) bond motifs is 16. The number of thiophene rings is 1. The fourth-order valence-electron chi connectivity index (χ4n) is 10.3. The van der Waals surface area contributed by atoms with Gasteiger partial charge in [-0.05, 0) is 102 Å². The molecule has 0 saturated heterocycles. The molecule has 1 aliphatic heterocycles. The Morgan fingerprint density at radius 1 is 0.492 bits per heavy atom. The Balaban J connectivity index is 0.895. The molecule has 59 heavy (non-hydrogen) atoms. The number of benzene rings is 8. The van der Waals surface area contributed by atoms with Crippen molar-refractivity contribution < 1.29 is 8.83 Å². The number of rotatable bonds is 3. The number of hydrogen-bond donors (Lipinski definition) is 0. The lowest BCUT2D eigenvalue weighted by Gasteiger charge is -2.30. The van der Waals surface area contributed by atoms with Crippen LogP contribution in [0.25, 0.3) is 97.1 Å². The van der Waals surface area contributed by atoms with Gasteiger partial charge in [-0.3, -0.25) is 0 Å². The standard InChI is InChI=1S/C54H32N2O2S/c1-5-13-44-35(9-1)40-27-31(32-18-26-52-43(28-32)37-11-4-8-16-51(37)59-52)17-22-46(40)55(44)33-20-25-50-42(30-33)38-21-23-47-53(54(38)58-50)39-12-2-6-14-45(39)56(47)34-19-24-49-41(29-34)36-10-3-7-15-48(36)57-49/h1-30,40,46H. The highest BCUT2D eigenvalue weighted by atomic mass is 32.1. The summed E-state index contributed by atoms with van der Waals surface area (Å²) >= 11 is 1.87. The average Bonchev–Trinajstić information content (AvgIpc) is 4.10. The minimum atomic E-state index is 0.159. The lowest BCUT2D eigenvalue weighted by Crippen LogP contribution is -2.28. The molecular formula is C54H32N2O2S. The molecule has 12 aromatic rings. The maximum absolute atomic E-state index is 6.88. The van der Waals surface area contributed by atoms with E-state index in [1.54, 1.807) is 0 Å². The van der Waals surface area contributed by atoms with Gasteiger partial charge >= 0.3 is 0 Å². The monoisotopic (exact) mass is 772 g/mol. The Kier molecular flexibility index (Phi) is 6.25. The van der Waals surface area contributed by atoms with Gasteiger partial charge in [-0.25, -0.2) is 0 Å². The summed E-state index contributed by atoms with van der Waals surface area (Å²) in [5.41, 5.74) is 13.3. The van der Waals surface area contributed by atoms with Crippen molar-refractivity contribution >= 4 is 114 Å². The molecule has 8 aromatic carbocycles. The van der Waals surface area contributed by atoms with E-state index in [1.165, 1.54) is 47.9 Å².